The highest BCUT2D eigenvalue weighted by Gasteiger charge is 2.15. The van der Waals surface area contributed by atoms with Crippen molar-refractivity contribution >= 4 is 11.1 Å². The van der Waals surface area contributed by atoms with E-state index < -0.39 is 5.92 Å². The van der Waals surface area contributed by atoms with Gasteiger partial charge in [-0.3, -0.25) is 0 Å². The molecule has 0 saturated carbocycles. The van der Waals surface area contributed by atoms with Crippen LogP contribution in [0.15, 0.2) is 60.7 Å². The fourth-order valence-corrected chi connectivity index (χ4v) is 4.01. The maximum absolute atomic E-state index is 9.20. The lowest BCUT2D eigenvalue weighted by Gasteiger charge is -2.17. The minimum atomic E-state index is -0.805. The summed E-state index contributed by atoms with van der Waals surface area (Å²) in [4.78, 5) is 0. The number of hydrogen-bond acceptors (Lipinski definition) is 4. The SMILES string of the molecule is Cc1cc(C)c(C(c2ccc(C(C#N)C#N)cc2)=c2ccc(=C(C#N)C#N)cc2)c(C)c1. The van der Waals surface area contributed by atoms with Crippen LogP contribution in [-0.4, -0.2) is 0 Å². The largest absolute Gasteiger partial charge is 0.196 e. The fraction of sp³-hybridized carbons (Fsp3) is 0.143. The van der Waals surface area contributed by atoms with Gasteiger partial charge in [0.15, 0.2) is 5.92 Å². The second kappa shape index (κ2) is 9.45. The van der Waals surface area contributed by atoms with Gasteiger partial charge in [0, 0.05) is 5.22 Å². The average Bonchev–Trinajstić information content (AvgIpc) is 2.79. The Kier molecular flexibility index (Phi) is 6.51. The van der Waals surface area contributed by atoms with Crippen molar-refractivity contribution in [2.45, 2.75) is 26.7 Å². The first-order chi connectivity index (χ1) is 15.4. The van der Waals surface area contributed by atoms with Crippen molar-refractivity contribution in [2.24, 2.45) is 0 Å². The van der Waals surface area contributed by atoms with Crippen LogP contribution in [-0.2, 0) is 0 Å². The highest BCUT2D eigenvalue weighted by molar-refractivity contribution is 5.83. The molecule has 0 heterocycles. The van der Waals surface area contributed by atoms with Crippen molar-refractivity contribution < 1.29 is 0 Å². The molecule has 0 N–H and O–H groups in total. The molecule has 0 radical (unpaired) electrons. The highest BCUT2D eigenvalue weighted by Crippen LogP contribution is 2.29. The fourth-order valence-electron chi connectivity index (χ4n) is 4.01. The van der Waals surface area contributed by atoms with Crippen LogP contribution in [0.1, 0.15) is 39.3 Å². The minimum absolute atomic E-state index is 0.0733. The number of rotatable bonds is 3. The number of nitrogens with zero attached hydrogens (tertiary/aromatic N) is 4. The zero-order valence-electron chi connectivity index (χ0n) is 18.1. The van der Waals surface area contributed by atoms with E-state index in [4.69, 9.17) is 10.5 Å². The van der Waals surface area contributed by atoms with E-state index in [0.717, 1.165) is 33.0 Å². The van der Waals surface area contributed by atoms with Crippen molar-refractivity contribution in [2.75, 3.05) is 0 Å². The molecule has 0 spiro atoms. The minimum Gasteiger partial charge on any atom is -0.196 e. The Morgan fingerprint density at radius 2 is 1.19 bits per heavy atom. The van der Waals surface area contributed by atoms with Crippen LogP contribution in [0.4, 0.5) is 0 Å². The third kappa shape index (κ3) is 4.27. The van der Waals surface area contributed by atoms with Gasteiger partial charge in [-0.25, -0.2) is 0 Å². The molecule has 3 rings (SSSR count). The molecule has 4 nitrogen and oxygen atoms in total. The zero-order valence-corrected chi connectivity index (χ0v) is 18.1. The van der Waals surface area contributed by atoms with Crippen LogP contribution in [0.3, 0.4) is 0 Å². The monoisotopic (exact) mass is 412 g/mol. The summed E-state index contributed by atoms with van der Waals surface area (Å²) < 4.78 is 0. The Morgan fingerprint density at radius 1 is 0.688 bits per heavy atom. The maximum atomic E-state index is 9.20. The van der Waals surface area contributed by atoms with Gasteiger partial charge >= 0.3 is 0 Å². The van der Waals surface area contributed by atoms with Gasteiger partial charge < -0.3 is 0 Å². The second-order valence-electron chi connectivity index (χ2n) is 7.64. The Labute approximate surface area is 187 Å². The van der Waals surface area contributed by atoms with Crippen molar-refractivity contribution in [1.29, 1.82) is 21.0 Å². The quantitative estimate of drug-likeness (QED) is 0.644. The average molecular weight is 412 g/mol. The molecule has 0 atom stereocenters. The third-order valence-electron chi connectivity index (χ3n) is 5.40. The molecule has 3 aromatic carbocycles. The Bertz CT molecular complexity index is 1410. The summed E-state index contributed by atoms with van der Waals surface area (Å²) in [5.41, 5.74) is 7.27. The van der Waals surface area contributed by atoms with Crippen molar-refractivity contribution in [3.8, 4) is 24.3 Å². The zero-order chi connectivity index (χ0) is 23.3. The number of aryl methyl sites for hydroxylation is 3. The number of hydrogen-bond donors (Lipinski definition) is 0. The number of nitriles is 4. The molecule has 3 aromatic rings. The highest BCUT2D eigenvalue weighted by atomic mass is 14.3. The molecule has 0 amide bonds. The molecule has 0 bridgehead atoms. The van der Waals surface area contributed by atoms with E-state index in [1.54, 1.807) is 12.1 Å². The van der Waals surface area contributed by atoms with E-state index in [9.17, 15) is 10.5 Å². The van der Waals surface area contributed by atoms with E-state index in [1.807, 2.05) is 60.7 Å². The van der Waals surface area contributed by atoms with Gasteiger partial charge in [-0.15, -0.1) is 0 Å². The molecule has 0 unspecified atom stereocenters. The Morgan fingerprint density at radius 3 is 1.66 bits per heavy atom. The molecule has 0 saturated heterocycles. The van der Waals surface area contributed by atoms with E-state index in [0.29, 0.717) is 10.8 Å². The van der Waals surface area contributed by atoms with E-state index in [-0.39, 0.29) is 5.57 Å². The molecule has 4 heteroatoms. The summed E-state index contributed by atoms with van der Waals surface area (Å²) in [7, 11) is 0. The lowest BCUT2D eigenvalue weighted by Crippen LogP contribution is -2.15. The lowest BCUT2D eigenvalue weighted by molar-refractivity contribution is 1.10. The van der Waals surface area contributed by atoms with E-state index in [1.165, 1.54) is 5.56 Å². The smallest absolute Gasteiger partial charge is 0.158 e. The molecule has 0 aliphatic heterocycles. The third-order valence-corrected chi connectivity index (χ3v) is 5.40. The molecular formula is C28H20N4. The van der Waals surface area contributed by atoms with Gasteiger partial charge in [0.25, 0.3) is 0 Å². The summed E-state index contributed by atoms with van der Waals surface area (Å²) >= 11 is 0. The lowest BCUT2D eigenvalue weighted by atomic mass is 9.87. The van der Waals surface area contributed by atoms with Crippen LogP contribution in [0.2, 0.25) is 0 Å². The van der Waals surface area contributed by atoms with Crippen LogP contribution in [0.25, 0.3) is 11.1 Å². The number of benzene rings is 3. The van der Waals surface area contributed by atoms with Gasteiger partial charge in [-0.05, 0) is 59.4 Å². The molecule has 0 aliphatic rings. The van der Waals surface area contributed by atoms with Crippen LogP contribution >= 0.6 is 0 Å². The van der Waals surface area contributed by atoms with E-state index >= 15 is 0 Å². The van der Waals surface area contributed by atoms with Crippen LogP contribution in [0.5, 0.6) is 0 Å². The summed E-state index contributed by atoms with van der Waals surface area (Å²) in [6.07, 6.45) is 0. The molecule has 152 valence electrons. The molecular weight excluding hydrogens is 392 g/mol. The van der Waals surface area contributed by atoms with Gasteiger partial charge in [-0.1, -0.05) is 66.2 Å². The van der Waals surface area contributed by atoms with Crippen LogP contribution in [0, 0.1) is 66.1 Å². The summed E-state index contributed by atoms with van der Waals surface area (Å²) in [5, 5.41) is 38.3. The Hall–Kier alpha value is -4.64. The standard InChI is InChI=1S/C28H20N4/c1-18-12-19(2)27(20(3)13-18)28(23-8-4-21(5-9-23)25(14-29)15-30)24-10-6-22(7-11-24)26(16-31)17-32/h4-13,25H,1-3H3. The van der Waals surface area contributed by atoms with Gasteiger partial charge in [0.05, 0.1) is 12.1 Å². The Balaban J connectivity index is 2.35. The van der Waals surface area contributed by atoms with Gasteiger partial charge in [-0.2, -0.15) is 21.0 Å². The van der Waals surface area contributed by atoms with Crippen molar-refractivity contribution in [3.63, 3.8) is 0 Å². The molecule has 0 fully saturated rings. The van der Waals surface area contributed by atoms with Gasteiger partial charge in [0.1, 0.15) is 17.7 Å². The van der Waals surface area contributed by atoms with Crippen molar-refractivity contribution in [1.82, 2.24) is 0 Å². The first-order valence-electron chi connectivity index (χ1n) is 10.1. The summed E-state index contributed by atoms with van der Waals surface area (Å²) in [6, 6.07) is 27.1. The van der Waals surface area contributed by atoms with Crippen molar-refractivity contribution in [3.05, 3.63) is 104 Å². The molecule has 32 heavy (non-hydrogen) atoms. The first kappa shape index (κ1) is 22.1. The maximum Gasteiger partial charge on any atom is 0.158 e. The summed E-state index contributed by atoms with van der Waals surface area (Å²) in [6.45, 7) is 6.23. The first-order valence-corrected chi connectivity index (χ1v) is 10.1. The molecule has 0 aromatic heterocycles. The normalized spacial score (nSPS) is 9.88. The second-order valence-corrected chi connectivity index (χ2v) is 7.64. The predicted octanol–water partition coefficient (Wildman–Crippen LogP) is 4.19. The van der Waals surface area contributed by atoms with Crippen LogP contribution < -0.4 is 10.4 Å². The topological polar surface area (TPSA) is 95.2 Å². The summed E-state index contributed by atoms with van der Waals surface area (Å²) in [5.74, 6) is -0.805. The molecule has 0 aliphatic carbocycles. The van der Waals surface area contributed by atoms with E-state index in [2.05, 4.69) is 32.9 Å². The predicted molar refractivity (Wildman–Crippen MR) is 123 cm³/mol. The van der Waals surface area contributed by atoms with Gasteiger partial charge in [0.2, 0.25) is 0 Å².